The molecule has 0 bridgehead atoms. The van der Waals surface area contributed by atoms with Gasteiger partial charge in [0.2, 0.25) is 0 Å². The molecular weight excluding hydrogens is 254 g/mol. The minimum absolute atomic E-state index is 0.0182. The van der Waals surface area contributed by atoms with Gasteiger partial charge in [-0.3, -0.25) is 4.79 Å². The lowest BCUT2D eigenvalue weighted by atomic mass is 9.75. The van der Waals surface area contributed by atoms with Crippen molar-refractivity contribution in [2.75, 3.05) is 27.4 Å². The first-order chi connectivity index (χ1) is 9.51. The van der Waals surface area contributed by atoms with Gasteiger partial charge in [0.1, 0.15) is 0 Å². The molecule has 1 aliphatic carbocycles. The van der Waals surface area contributed by atoms with Crippen molar-refractivity contribution in [3.05, 3.63) is 0 Å². The molecule has 0 radical (unpaired) electrons. The lowest BCUT2D eigenvalue weighted by Crippen LogP contribution is -2.44. The number of methoxy groups -OCH3 is 1. The molecule has 0 spiro atoms. The molecule has 1 saturated carbocycles. The molecule has 0 aromatic rings. The summed E-state index contributed by atoms with van der Waals surface area (Å²) in [5.41, 5.74) is -0.279. The number of ether oxygens (including phenoxy) is 2. The van der Waals surface area contributed by atoms with Crippen molar-refractivity contribution in [1.82, 2.24) is 4.90 Å². The monoisotopic (exact) mass is 283 g/mol. The topological polar surface area (TPSA) is 38.8 Å². The Morgan fingerprint density at radius 1 is 1.25 bits per heavy atom. The van der Waals surface area contributed by atoms with Crippen molar-refractivity contribution in [2.45, 2.75) is 58.0 Å². The van der Waals surface area contributed by atoms with Crippen LogP contribution in [0.5, 0.6) is 0 Å². The van der Waals surface area contributed by atoms with Gasteiger partial charge in [-0.05, 0) is 45.1 Å². The summed E-state index contributed by atoms with van der Waals surface area (Å²) in [6.45, 7) is 6.03. The average Bonchev–Trinajstić information content (AvgIpc) is 2.93. The highest BCUT2D eigenvalue weighted by molar-refractivity contribution is 5.77. The normalized spacial score (nSPS) is 32.0. The molecule has 2 aliphatic rings. The molecule has 1 heterocycles. The maximum Gasteiger partial charge on any atom is 0.312 e. The van der Waals surface area contributed by atoms with E-state index in [4.69, 9.17) is 9.47 Å². The fraction of sp³-hybridized carbons (Fsp3) is 0.938. The van der Waals surface area contributed by atoms with Crippen molar-refractivity contribution in [2.24, 2.45) is 11.3 Å². The first-order valence-electron chi connectivity index (χ1n) is 7.89. The molecule has 116 valence electrons. The van der Waals surface area contributed by atoms with Crippen LogP contribution in [0.2, 0.25) is 0 Å². The Balaban J connectivity index is 2.04. The smallest absolute Gasteiger partial charge is 0.312 e. The summed E-state index contributed by atoms with van der Waals surface area (Å²) in [6, 6.07) is 1.11. The summed E-state index contributed by atoms with van der Waals surface area (Å²) in [7, 11) is 3.73. The largest absolute Gasteiger partial charge is 0.469 e. The number of carbonyl (C=O) groups is 1. The number of rotatable bonds is 4. The van der Waals surface area contributed by atoms with Gasteiger partial charge in [0.25, 0.3) is 0 Å². The van der Waals surface area contributed by atoms with Gasteiger partial charge in [-0.1, -0.05) is 13.8 Å². The zero-order chi connectivity index (χ0) is 14.8. The van der Waals surface area contributed by atoms with Crippen LogP contribution >= 0.6 is 0 Å². The minimum Gasteiger partial charge on any atom is -0.469 e. The Bertz CT molecular complexity index is 339. The SMILES string of the molecule is COC(=O)[C@@]1(C(C)C)CCC(N(C)C2CCOCC2)C1. The predicted octanol–water partition coefficient (Wildman–Crippen LogP) is 2.47. The molecule has 20 heavy (non-hydrogen) atoms. The van der Waals surface area contributed by atoms with Crippen LogP contribution in [-0.2, 0) is 14.3 Å². The molecule has 2 rings (SSSR count). The van der Waals surface area contributed by atoms with Crippen molar-refractivity contribution in [3.8, 4) is 0 Å². The van der Waals surface area contributed by atoms with E-state index in [0.717, 1.165) is 45.3 Å². The third-order valence-corrected chi connectivity index (χ3v) is 5.56. The van der Waals surface area contributed by atoms with E-state index >= 15 is 0 Å². The highest BCUT2D eigenvalue weighted by atomic mass is 16.5. The van der Waals surface area contributed by atoms with Crippen LogP contribution in [-0.4, -0.2) is 50.3 Å². The molecule has 1 unspecified atom stereocenters. The molecule has 0 amide bonds. The van der Waals surface area contributed by atoms with Crippen LogP contribution in [0.3, 0.4) is 0 Å². The van der Waals surface area contributed by atoms with Gasteiger partial charge in [0.05, 0.1) is 12.5 Å². The van der Waals surface area contributed by atoms with E-state index in [1.54, 1.807) is 0 Å². The van der Waals surface area contributed by atoms with Gasteiger partial charge in [-0.25, -0.2) is 0 Å². The molecular formula is C16H29NO3. The van der Waals surface area contributed by atoms with Gasteiger partial charge in [0, 0.05) is 25.3 Å². The number of hydrogen-bond acceptors (Lipinski definition) is 4. The lowest BCUT2D eigenvalue weighted by Gasteiger charge is -2.37. The molecule has 0 N–H and O–H groups in total. The third-order valence-electron chi connectivity index (χ3n) is 5.56. The van der Waals surface area contributed by atoms with E-state index in [2.05, 4.69) is 25.8 Å². The Kier molecular flexibility index (Phi) is 5.08. The van der Waals surface area contributed by atoms with Gasteiger partial charge < -0.3 is 14.4 Å². The third kappa shape index (κ3) is 2.86. The van der Waals surface area contributed by atoms with Crippen LogP contribution in [0.15, 0.2) is 0 Å². The second-order valence-electron chi connectivity index (χ2n) is 6.71. The van der Waals surface area contributed by atoms with Crippen LogP contribution in [0, 0.1) is 11.3 Å². The summed E-state index contributed by atoms with van der Waals surface area (Å²) >= 11 is 0. The van der Waals surface area contributed by atoms with E-state index in [1.807, 2.05) is 0 Å². The summed E-state index contributed by atoms with van der Waals surface area (Å²) in [6.07, 6.45) is 5.21. The van der Waals surface area contributed by atoms with Crippen molar-refractivity contribution < 1.29 is 14.3 Å². The lowest BCUT2D eigenvalue weighted by molar-refractivity contribution is -0.155. The number of esters is 1. The quantitative estimate of drug-likeness (QED) is 0.743. The van der Waals surface area contributed by atoms with Crippen molar-refractivity contribution >= 4 is 5.97 Å². The highest BCUT2D eigenvalue weighted by Gasteiger charge is 2.49. The summed E-state index contributed by atoms with van der Waals surface area (Å²) in [5.74, 6) is 0.318. The second-order valence-corrected chi connectivity index (χ2v) is 6.71. The molecule has 4 heteroatoms. The van der Waals surface area contributed by atoms with Gasteiger partial charge in [-0.2, -0.15) is 0 Å². The molecule has 1 saturated heterocycles. The Morgan fingerprint density at radius 3 is 2.45 bits per heavy atom. The maximum absolute atomic E-state index is 12.3. The summed E-state index contributed by atoms with van der Waals surface area (Å²) in [5, 5.41) is 0. The first kappa shape index (κ1) is 15.8. The highest BCUT2D eigenvalue weighted by Crippen LogP contribution is 2.47. The number of hydrogen-bond donors (Lipinski definition) is 0. The van der Waals surface area contributed by atoms with E-state index in [1.165, 1.54) is 7.11 Å². The molecule has 0 aromatic heterocycles. The first-order valence-corrected chi connectivity index (χ1v) is 7.89. The zero-order valence-electron chi connectivity index (χ0n) is 13.4. The van der Waals surface area contributed by atoms with Gasteiger partial charge in [0.15, 0.2) is 0 Å². The van der Waals surface area contributed by atoms with Crippen LogP contribution in [0.25, 0.3) is 0 Å². The second kappa shape index (κ2) is 6.44. The minimum atomic E-state index is -0.279. The van der Waals surface area contributed by atoms with E-state index in [-0.39, 0.29) is 11.4 Å². The Labute approximate surface area is 122 Å². The van der Waals surface area contributed by atoms with E-state index in [9.17, 15) is 4.79 Å². The molecule has 2 fully saturated rings. The standard InChI is InChI=1S/C16H29NO3/c1-12(2)16(15(18)19-4)8-5-14(11-16)17(3)13-6-9-20-10-7-13/h12-14H,5-11H2,1-4H3/t14?,16-/m0/s1. The fourth-order valence-electron chi connectivity index (χ4n) is 3.94. The van der Waals surface area contributed by atoms with Crippen molar-refractivity contribution in [3.63, 3.8) is 0 Å². The number of nitrogens with zero attached hydrogens (tertiary/aromatic N) is 1. The average molecular weight is 283 g/mol. The molecule has 0 aromatic carbocycles. The molecule has 4 nitrogen and oxygen atoms in total. The van der Waals surface area contributed by atoms with Crippen LogP contribution < -0.4 is 0 Å². The fourth-order valence-corrected chi connectivity index (χ4v) is 3.94. The van der Waals surface area contributed by atoms with Crippen LogP contribution in [0.1, 0.15) is 46.0 Å². The molecule has 2 atom stereocenters. The van der Waals surface area contributed by atoms with E-state index in [0.29, 0.717) is 18.0 Å². The van der Waals surface area contributed by atoms with Gasteiger partial charge in [-0.15, -0.1) is 0 Å². The summed E-state index contributed by atoms with van der Waals surface area (Å²) in [4.78, 5) is 14.8. The van der Waals surface area contributed by atoms with Gasteiger partial charge >= 0.3 is 5.97 Å². The van der Waals surface area contributed by atoms with E-state index < -0.39 is 0 Å². The number of carbonyl (C=O) groups excluding carboxylic acids is 1. The van der Waals surface area contributed by atoms with Crippen molar-refractivity contribution in [1.29, 1.82) is 0 Å². The predicted molar refractivity (Wildman–Crippen MR) is 78.5 cm³/mol. The maximum atomic E-state index is 12.3. The summed E-state index contributed by atoms with van der Waals surface area (Å²) < 4.78 is 10.5. The Morgan fingerprint density at radius 2 is 1.90 bits per heavy atom. The zero-order valence-corrected chi connectivity index (χ0v) is 13.4. The Hall–Kier alpha value is -0.610. The van der Waals surface area contributed by atoms with Crippen LogP contribution in [0.4, 0.5) is 0 Å². The molecule has 1 aliphatic heterocycles.